The van der Waals surface area contributed by atoms with Crippen LogP contribution in [0.25, 0.3) is 0 Å². The molecule has 0 spiro atoms. The van der Waals surface area contributed by atoms with Crippen LogP contribution >= 0.6 is 0 Å². The number of H-pyrrole nitrogens is 1. The normalized spacial score (nSPS) is 18.9. The number of aromatic nitrogens is 2. The molecule has 0 aromatic carbocycles. The van der Waals surface area contributed by atoms with Gasteiger partial charge in [0.25, 0.3) is 0 Å². The van der Waals surface area contributed by atoms with Crippen molar-refractivity contribution in [2.24, 2.45) is 5.73 Å². The summed E-state index contributed by atoms with van der Waals surface area (Å²) in [4.78, 5) is 0. The predicted molar refractivity (Wildman–Crippen MR) is 52.4 cm³/mol. The average Bonchev–Trinajstić information content (AvgIpc) is 2.69. The van der Waals surface area contributed by atoms with Gasteiger partial charge in [-0.1, -0.05) is 6.92 Å². The maximum atomic E-state index is 6.02. The third-order valence-electron chi connectivity index (χ3n) is 2.95. The highest BCUT2D eigenvalue weighted by Crippen LogP contribution is 2.36. The number of rotatable bonds is 4. The molecule has 72 valence electrons. The lowest BCUT2D eigenvalue weighted by Gasteiger charge is -2.07. The second kappa shape index (κ2) is 3.14. The van der Waals surface area contributed by atoms with E-state index in [1.807, 2.05) is 6.20 Å². The van der Waals surface area contributed by atoms with Crippen molar-refractivity contribution < 1.29 is 0 Å². The van der Waals surface area contributed by atoms with Crippen molar-refractivity contribution in [3.8, 4) is 0 Å². The molecular formula is C10H17N3. The second-order valence-electron chi connectivity index (χ2n) is 4.09. The van der Waals surface area contributed by atoms with E-state index in [0.717, 1.165) is 19.3 Å². The Morgan fingerprint density at radius 3 is 3.00 bits per heavy atom. The minimum Gasteiger partial charge on any atom is -0.325 e. The Labute approximate surface area is 78.7 Å². The molecule has 2 rings (SSSR count). The molecule has 3 N–H and O–H groups in total. The SMILES string of the molecule is CCc1[nH]ncc1CCC1(N)CC1. The van der Waals surface area contributed by atoms with Crippen molar-refractivity contribution in [2.45, 2.75) is 44.6 Å². The number of aryl methyl sites for hydroxylation is 2. The van der Waals surface area contributed by atoms with Gasteiger partial charge in [0.2, 0.25) is 0 Å². The summed E-state index contributed by atoms with van der Waals surface area (Å²) < 4.78 is 0. The molecule has 0 aliphatic heterocycles. The first-order valence-electron chi connectivity index (χ1n) is 5.03. The molecule has 13 heavy (non-hydrogen) atoms. The Balaban J connectivity index is 1.93. The monoisotopic (exact) mass is 179 g/mol. The summed E-state index contributed by atoms with van der Waals surface area (Å²) in [6.07, 6.45) is 7.56. The minimum atomic E-state index is 0.169. The molecule has 0 radical (unpaired) electrons. The van der Waals surface area contributed by atoms with E-state index in [4.69, 9.17) is 5.73 Å². The van der Waals surface area contributed by atoms with Crippen LogP contribution in [-0.2, 0) is 12.8 Å². The van der Waals surface area contributed by atoms with Gasteiger partial charge in [-0.15, -0.1) is 0 Å². The number of hydrogen-bond acceptors (Lipinski definition) is 2. The van der Waals surface area contributed by atoms with Crippen LogP contribution in [0.2, 0.25) is 0 Å². The van der Waals surface area contributed by atoms with Crippen LogP contribution in [-0.4, -0.2) is 15.7 Å². The summed E-state index contributed by atoms with van der Waals surface area (Å²) >= 11 is 0. The van der Waals surface area contributed by atoms with Gasteiger partial charge in [-0.2, -0.15) is 5.10 Å². The van der Waals surface area contributed by atoms with Crippen LogP contribution in [0, 0.1) is 0 Å². The Hall–Kier alpha value is -0.830. The summed E-state index contributed by atoms with van der Waals surface area (Å²) in [5.74, 6) is 0. The summed E-state index contributed by atoms with van der Waals surface area (Å²) in [7, 11) is 0. The van der Waals surface area contributed by atoms with Crippen LogP contribution in [0.1, 0.15) is 37.4 Å². The largest absolute Gasteiger partial charge is 0.325 e. The van der Waals surface area contributed by atoms with Crippen LogP contribution in [0.4, 0.5) is 0 Å². The first kappa shape index (κ1) is 8.75. The molecule has 0 amide bonds. The third-order valence-corrected chi connectivity index (χ3v) is 2.95. The van der Waals surface area contributed by atoms with Gasteiger partial charge in [0, 0.05) is 11.2 Å². The second-order valence-corrected chi connectivity index (χ2v) is 4.09. The smallest absolute Gasteiger partial charge is 0.0522 e. The van der Waals surface area contributed by atoms with Gasteiger partial charge in [0.15, 0.2) is 0 Å². The molecule has 1 aromatic heterocycles. The van der Waals surface area contributed by atoms with E-state index in [9.17, 15) is 0 Å². The molecular weight excluding hydrogens is 162 g/mol. The van der Waals surface area contributed by atoms with E-state index in [1.165, 1.54) is 24.1 Å². The molecule has 0 atom stereocenters. The van der Waals surface area contributed by atoms with Gasteiger partial charge < -0.3 is 5.73 Å². The number of nitrogens with one attached hydrogen (secondary N) is 1. The standard InChI is InChI=1S/C10H17N3/c1-2-9-8(7-12-13-9)3-4-10(11)5-6-10/h7H,2-6,11H2,1H3,(H,12,13). The Morgan fingerprint density at radius 2 is 2.38 bits per heavy atom. The zero-order chi connectivity index (χ0) is 9.31. The molecule has 3 nitrogen and oxygen atoms in total. The van der Waals surface area contributed by atoms with E-state index in [0.29, 0.717) is 0 Å². The van der Waals surface area contributed by atoms with E-state index in [-0.39, 0.29) is 5.54 Å². The average molecular weight is 179 g/mol. The van der Waals surface area contributed by atoms with Gasteiger partial charge in [0.1, 0.15) is 0 Å². The predicted octanol–water partition coefficient (Wildman–Crippen LogP) is 1.40. The van der Waals surface area contributed by atoms with Gasteiger partial charge in [-0.3, -0.25) is 5.10 Å². The van der Waals surface area contributed by atoms with E-state index in [1.54, 1.807) is 0 Å². The molecule has 0 saturated heterocycles. The highest BCUT2D eigenvalue weighted by molar-refractivity contribution is 5.17. The molecule has 1 aliphatic rings. The molecule has 0 unspecified atom stereocenters. The zero-order valence-electron chi connectivity index (χ0n) is 8.14. The fraction of sp³-hybridized carbons (Fsp3) is 0.700. The van der Waals surface area contributed by atoms with Crippen LogP contribution < -0.4 is 5.73 Å². The molecule has 1 heterocycles. The lowest BCUT2D eigenvalue weighted by Crippen LogP contribution is -2.22. The molecule has 3 heteroatoms. The third kappa shape index (κ3) is 1.91. The van der Waals surface area contributed by atoms with Gasteiger partial charge in [0.05, 0.1) is 6.20 Å². The van der Waals surface area contributed by atoms with Crippen molar-refractivity contribution in [1.29, 1.82) is 0 Å². The summed E-state index contributed by atoms with van der Waals surface area (Å²) in [6.45, 7) is 2.15. The molecule has 1 aromatic rings. The van der Waals surface area contributed by atoms with E-state index in [2.05, 4.69) is 17.1 Å². The topological polar surface area (TPSA) is 54.7 Å². The number of nitrogens with two attached hydrogens (primary N) is 1. The van der Waals surface area contributed by atoms with Crippen LogP contribution in [0.5, 0.6) is 0 Å². The molecule has 1 aliphatic carbocycles. The van der Waals surface area contributed by atoms with Gasteiger partial charge >= 0.3 is 0 Å². The summed E-state index contributed by atoms with van der Waals surface area (Å²) in [5, 5.41) is 7.07. The summed E-state index contributed by atoms with van der Waals surface area (Å²) in [5.41, 5.74) is 8.81. The number of aromatic amines is 1. The van der Waals surface area contributed by atoms with Crippen LogP contribution in [0.3, 0.4) is 0 Å². The molecule has 0 bridgehead atoms. The van der Waals surface area contributed by atoms with Crippen molar-refractivity contribution in [2.75, 3.05) is 0 Å². The van der Waals surface area contributed by atoms with Crippen LogP contribution in [0.15, 0.2) is 6.20 Å². The van der Waals surface area contributed by atoms with Gasteiger partial charge in [-0.05, 0) is 37.7 Å². The highest BCUT2D eigenvalue weighted by atomic mass is 15.1. The first-order valence-corrected chi connectivity index (χ1v) is 5.03. The Bertz CT molecular complexity index is 286. The van der Waals surface area contributed by atoms with E-state index >= 15 is 0 Å². The van der Waals surface area contributed by atoms with Crippen molar-refractivity contribution >= 4 is 0 Å². The molecule has 1 saturated carbocycles. The van der Waals surface area contributed by atoms with Gasteiger partial charge in [-0.25, -0.2) is 0 Å². The highest BCUT2D eigenvalue weighted by Gasteiger charge is 2.37. The van der Waals surface area contributed by atoms with E-state index < -0.39 is 0 Å². The lowest BCUT2D eigenvalue weighted by molar-refractivity contribution is 0.607. The van der Waals surface area contributed by atoms with Crippen molar-refractivity contribution in [1.82, 2.24) is 10.2 Å². The maximum absolute atomic E-state index is 6.02. The van der Waals surface area contributed by atoms with Crippen molar-refractivity contribution in [3.05, 3.63) is 17.5 Å². The minimum absolute atomic E-state index is 0.169. The number of nitrogens with zero attached hydrogens (tertiary/aromatic N) is 1. The molecule has 1 fully saturated rings. The first-order chi connectivity index (χ1) is 6.23. The lowest BCUT2D eigenvalue weighted by atomic mass is 10.0. The van der Waals surface area contributed by atoms with Crippen molar-refractivity contribution in [3.63, 3.8) is 0 Å². The zero-order valence-corrected chi connectivity index (χ0v) is 8.14. The quantitative estimate of drug-likeness (QED) is 0.734. The Kier molecular flexibility index (Phi) is 2.12. The Morgan fingerprint density at radius 1 is 1.62 bits per heavy atom. The maximum Gasteiger partial charge on any atom is 0.0522 e. The fourth-order valence-electron chi connectivity index (χ4n) is 1.65. The summed E-state index contributed by atoms with van der Waals surface area (Å²) in [6, 6.07) is 0. The fourth-order valence-corrected chi connectivity index (χ4v) is 1.65. The number of hydrogen-bond donors (Lipinski definition) is 2.